The van der Waals surface area contributed by atoms with E-state index >= 15 is 0 Å². The van der Waals surface area contributed by atoms with E-state index in [0.717, 1.165) is 12.8 Å². The molecule has 1 aliphatic heterocycles. The van der Waals surface area contributed by atoms with E-state index < -0.39 is 10.0 Å². The molecule has 0 amide bonds. The fraction of sp³-hybridized carbons (Fsp3) is 0.769. The Balaban J connectivity index is 2.29. The second kappa shape index (κ2) is 5.13. The van der Waals surface area contributed by atoms with Crippen molar-refractivity contribution in [3.63, 3.8) is 0 Å². The van der Waals surface area contributed by atoms with Crippen LogP contribution in [-0.4, -0.2) is 42.1 Å². The summed E-state index contributed by atoms with van der Waals surface area (Å²) in [5.41, 5.74) is 7.09. The van der Waals surface area contributed by atoms with Crippen LogP contribution in [0, 0.1) is 19.3 Å². The van der Waals surface area contributed by atoms with E-state index in [1.54, 1.807) is 29.9 Å². The molecule has 0 unspecified atom stereocenters. The third-order valence-corrected chi connectivity index (χ3v) is 6.61. The molecule has 1 aromatic rings. The minimum Gasteiger partial charge on any atom is -0.330 e. The molecule has 0 radical (unpaired) electrons. The highest BCUT2D eigenvalue weighted by Gasteiger charge is 2.36. The molecule has 0 aromatic carbocycles. The van der Waals surface area contributed by atoms with Gasteiger partial charge < -0.3 is 5.73 Å². The molecular weight excluding hydrogens is 276 g/mol. The summed E-state index contributed by atoms with van der Waals surface area (Å²) in [5, 5.41) is 4.21. The first-order valence-electron chi connectivity index (χ1n) is 6.92. The van der Waals surface area contributed by atoms with Gasteiger partial charge in [0.25, 0.3) is 0 Å². The Kier molecular flexibility index (Phi) is 3.96. The Morgan fingerprint density at radius 3 is 2.25 bits per heavy atom. The second-order valence-electron chi connectivity index (χ2n) is 6.04. The molecule has 1 aliphatic rings. The average Bonchev–Trinajstić information content (AvgIpc) is 2.64. The average molecular weight is 300 g/mol. The number of hydrogen-bond donors (Lipinski definition) is 1. The van der Waals surface area contributed by atoms with E-state index in [1.807, 2.05) is 0 Å². The summed E-state index contributed by atoms with van der Waals surface area (Å²) in [7, 11) is -1.68. The second-order valence-corrected chi connectivity index (χ2v) is 7.92. The zero-order chi connectivity index (χ0) is 15.1. The van der Waals surface area contributed by atoms with Crippen LogP contribution in [0.5, 0.6) is 0 Å². The van der Waals surface area contributed by atoms with E-state index in [4.69, 9.17) is 5.73 Å². The van der Waals surface area contributed by atoms with Crippen molar-refractivity contribution in [2.45, 2.75) is 38.5 Å². The molecule has 114 valence electrons. The van der Waals surface area contributed by atoms with Crippen LogP contribution in [0.2, 0.25) is 0 Å². The Morgan fingerprint density at radius 1 is 1.30 bits per heavy atom. The van der Waals surface area contributed by atoms with Crippen LogP contribution in [0.15, 0.2) is 4.90 Å². The normalized spacial score (nSPS) is 20.2. The number of nitrogens with two attached hydrogens (primary N) is 1. The van der Waals surface area contributed by atoms with E-state index in [-0.39, 0.29) is 5.41 Å². The molecule has 1 saturated heterocycles. The highest BCUT2D eigenvalue weighted by atomic mass is 32.2. The van der Waals surface area contributed by atoms with Crippen molar-refractivity contribution in [1.29, 1.82) is 0 Å². The highest BCUT2D eigenvalue weighted by Crippen LogP contribution is 2.33. The first-order chi connectivity index (χ1) is 9.21. The van der Waals surface area contributed by atoms with E-state index in [0.29, 0.717) is 35.9 Å². The number of rotatable bonds is 3. The fourth-order valence-electron chi connectivity index (χ4n) is 2.73. The third kappa shape index (κ3) is 2.49. The van der Waals surface area contributed by atoms with Gasteiger partial charge in [0, 0.05) is 20.1 Å². The van der Waals surface area contributed by atoms with E-state index in [1.165, 1.54) is 0 Å². The number of aromatic nitrogens is 2. The first-order valence-corrected chi connectivity index (χ1v) is 8.36. The first kappa shape index (κ1) is 15.5. The van der Waals surface area contributed by atoms with Gasteiger partial charge in [0.2, 0.25) is 10.0 Å². The summed E-state index contributed by atoms with van der Waals surface area (Å²) in [6.45, 7) is 7.33. The minimum atomic E-state index is -3.45. The van der Waals surface area contributed by atoms with Gasteiger partial charge in [-0.3, -0.25) is 4.68 Å². The van der Waals surface area contributed by atoms with Crippen molar-refractivity contribution >= 4 is 10.0 Å². The summed E-state index contributed by atoms with van der Waals surface area (Å²) in [5.74, 6) is 0. The van der Waals surface area contributed by atoms with Crippen molar-refractivity contribution in [3.8, 4) is 0 Å². The highest BCUT2D eigenvalue weighted by molar-refractivity contribution is 7.89. The third-order valence-electron chi connectivity index (χ3n) is 4.46. The lowest BCUT2D eigenvalue weighted by atomic mass is 9.81. The Hall–Kier alpha value is -0.920. The van der Waals surface area contributed by atoms with Crippen molar-refractivity contribution in [2.75, 3.05) is 19.6 Å². The molecule has 0 spiro atoms. The molecule has 2 N–H and O–H groups in total. The molecule has 1 fully saturated rings. The predicted octanol–water partition coefficient (Wildman–Crippen LogP) is 0.786. The zero-order valence-electron chi connectivity index (χ0n) is 12.7. The van der Waals surface area contributed by atoms with Gasteiger partial charge in [-0.25, -0.2) is 8.42 Å². The van der Waals surface area contributed by atoms with Crippen LogP contribution in [0.1, 0.15) is 31.2 Å². The molecule has 2 heterocycles. The fourth-order valence-corrected chi connectivity index (χ4v) is 4.57. The van der Waals surface area contributed by atoms with Crippen LogP contribution in [0.25, 0.3) is 0 Å². The van der Waals surface area contributed by atoms with Crippen LogP contribution in [0.3, 0.4) is 0 Å². The lowest BCUT2D eigenvalue weighted by molar-refractivity contribution is 0.182. The molecule has 0 saturated carbocycles. The Bertz CT molecular complexity index is 598. The SMILES string of the molecule is Cc1nn(C)c(C)c1S(=O)(=O)N1CCC(C)(CN)CC1. The van der Waals surface area contributed by atoms with Crippen LogP contribution < -0.4 is 5.73 Å². The summed E-state index contributed by atoms with van der Waals surface area (Å²) < 4.78 is 28.8. The molecule has 2 rings (SSSR count). The molecule has 20 heavy (non-hydrogen) atoms. The summed E-state index contributed by atoms with van der Waals surface area (Å²) in [6, 6.07) is 0. The van der Waals surface area contributed by atoms with Gasteiger partial charge in [-0.1, -0.05) is 6.92 Å². The molecule has 0 aliphatic carbocycles. The number of nitrogens with zero attached hydrogens (tertiary/aromatic N) is 3. The van der Waals surface area contributed by atoms with Gasteiger partial charge >= 0.3 is 0 Å². The van der Waals surface area contributed by atoms with Crippen molar-refractivity contribution in [2.24, 2.45) is 18.2 Å². The number of aryl methyl sites for hydroxylation is 2. The largest absolute Gasteiger partial charge is 0.330 e. The monoisotopic (exact) mass is 300 g/mol. The van der Waals surface area contributed by atoms with Crippen LogP contribution >= 0.6 is 0 Å². The van der Waals surface area contributed by atoms with Crippen LogP contribution in [0.4, 0.5) is 0 Å². The van der Waals surface area contributed by atoms with Gasteiger partial charge in [0.1, 0.15) is 4.90 Å². The quantitative estimate of drug-likeness (QED) is 0.894. The summed E-state index contributed by atoms with van der Waals surface area (Å²) in [6.07, 6.45) is 1.61. The molecule has 0 atom stereocenters. The van der Waals surface area contributed by atoms with Crippen LogP contribution in [-0.2, 0) is 17.1 Å². The van der Waals surface area contributed by atoms with Gasteiger partial charge in [0.15, 0.2) is 0 Å². The predicted molar refractivity (Wildman–Crippen MR) is 77.8 cm³/mol. The molecule has 6 nitrogen and oxygen atoms in total. The summed E-state index contributed by atoms with van der Waals surface area (Å²) in [4.78, 5) is 0.358. The lowest BCUT2D eigenvalue weighted by Crippen LogP contribution is -2.44. The van der Waals surface area contributed by atoms with Crippen molar-refractivity contribution < 1.29 is 8.42 Å². The Labute approximate surface area is 121 Å². The maximum atomic E-state index is 12.8. The van der Waals surface area contributed by atoms with Gasteiger partial charge in [-0.15, -0.1) is 0 Å². The van der Waals surface area contributed by atoms with Gasteiger partial charge in [-0.05, 0) is 38.6 Å². The van der Waals surface area contributed by atoms with E-state index in [2.05, 4.69) is 12.0 Å². The zero-order valence-corrected chi connectivity index (χ0v) is 13.5. The summed E-state index contributed by atoms with van der Waals surface area (Å²) >= 11 is 0. The number of piperidine rings is 1. The van der Waals surface area contributed by atoms with E-state index in [9.17, 15) is 8.42 Å². The molecular formula is C13H24N4O2S. The minimum absolute atomic E-state index is 0.0606. The van der Waals surface area contributed by atoms with Gasteiger partial charge in [-0.2, -0.15) is 9.40 Å². The maximum Gasteiger partial charge on any atom is 0.246 e. The standard InChI is InChI=1S/C13H24N4O2S/c1-10-12(11(2)16(4)15-10)20(18,19)17-7-5-13(3,9-14)6-8-17/h5-9,14H2,1-4H3. The smallest absolute Gasteiger partial charge is 0.246 e. The molecule has 1 aromatic heterocycles. The Morgan fingerprint density at radius 2 is 1.85 bits per heavy atom. The molecule has 7 heteroatoms. The van der Waals surface area contributed by atoms with Crippen molar-refractivity contribution in [1.82, 2.24) is 14.1 Å². The van der Waals surface area contributed by atoms with Gasteiger partial charge in [0.05, 0.1) is 11.4 Å². The molecule has 0 bridgehead atoms. The number of sulfonamides is 1. The number of hydrogen-bond acceptors (Lipinski definition) is 4. The topological polar surface area (TPSA) is 81.2 Å². The lowest BCUT2D eigenvalue weighted by Gasteiger charge is -2.37. The maximum absolute atomic E-state index is 12.8. The van der Waals surface area contributed by atoms with Crippen molar-refractivity contribution in [3.05, 3.63) is 11.4 Å².